The molecule has 0 saturated heterocycles. The second kappa shape index (κ2) is 7.03. The Bertz CT molecular complexity index is 538. The number of anilines is 1. The van der Waals surface area contributed by atoms with Gasteiger partial charge in [-0.05, 0) is 12.1 Å². The topological polar surface area (TPSA) is 94.1 Å². The first-order valence-corrected chi connectivity index (χ1v) is 5.53. The van der Waals surface area contributed by atoms with Crippen LogP contribution in [0.5, 0.6) is 11.5 Å². The summed E-state index contributed by atoms with van der Waals surface area (Å²) < 4.78 is 13.9. The van der Waals surface area contributed by atoms with Gasteiger partial charge < -0.3 is 24.6 Å². The molecule has 0 aliphatic rings. The van der Waals surface area contributed by atoms with Gasteiger partial charge in [-0.3, -0.25) is 0 Å². The highest BCUT2D eigenvalue weighted by molar-refractivity contribution is 5.99. The van der Waals surface area contributed by atoms with Crippen molar-refractivity contribution in [3.05, 3.63) is 30.0 Å². The molecule has 2 N–H and O–H groups in total. The van der Waals surface area contributed by atoms with Crippen molar-refractivity contribution >= 4 is 17.6 Å². The van der Waals surface area contributed by atoms with Gasteiger partial charge in [-0.25, -0.2) is 9.59 Å². The van der Waals surface area contributed by atoms with Crippen LogP contribution in [0, 0.1) is 0 Å². The minimum absolute atomic E-state index is 0.149. The molecule has 0 bridgehead atoms. The molecule has 0 amide bonds. The number of phenolic OH excluding ortho intramolecular Hbond substituents is 1. The summed E-state index contributed by atoms with van der Waals surface area (Å²) in [5.41, 5.74) is 0.0474. The third-order valence-corrected chi connectivity index (χ3v) is 2.34. The van der Waals surface area contributed by atoms with Crippen molar-refractivity contribution in [1.82, 2.24) is 0 Å². The van der Waals surface area contributed by atoms with Crippen LogP contribution in [0.4, 0.5) is 5.69 Å². The van der Waals surface area contributed by atoms with Crippen molar-refractivity contribution in [1.29, 1.82) is 0 Å². The maximum Gasteiger partial charge on any atom is 0.354 e. The fraction of sp³-hybridized carbons (Fsp3) is 0.231. The Labute approximate surface area is 115 Å². The van der Waals surface area contributed by atoms with Crippen LogP contribution in [-0.4, -0.2) is 38.4 Å². The van der Waals surface area contributed by atoms with Gasteiger partial charge in [-0.2, -0.15) is 0 Å². The lowest BCUT2D eigenvalue weighted by Gasteiger charge is -2.11. The summed E-state index contributed by atoms with van der Waals surface area (Å²) in [6.45, 7) is 0. The molecule has 1 rings (SSSR count). The van der Waals surface area contributed by atoms with E-state index in [4.69, 9.17) is 4.74 Å². The number of esters is 2. The lowest BCUT2D eigenvalue weighted by molar-refractivity contribution is -0.138. The number of methoxy groups -OCH3 is 3. The summed E-state index contributed by atoms with van der Waals surface area (Å²) >= 11 is 0. The first-order valence-electron chi connectivity index (χ1n) is 5.53. The Hall–Kier alpha value is -2.70. The van der Waals surface area contributed by atoms with Gasteiger partial charge in [0.1, 0.15) is 17.2 Å². The molecule has 0 spiro atoms. The van der Waals surface area contributed by atoms with Crippen molar-refractivity contribution < 1.29 is 28.9 Å². The van der Waals surface area contributed by atoms with E-state index < -0.39 is 11.9 Å². The van der Waals surface area contributed by atoms with E-state index in [2.05, 4.69) is 14.8 Å². The number of nitrogens with one attached hydrogen (secondary N) is 1. The van der Waals surface area contributed by atoms with Crippen LogP contribution in [-0.2, 0) is 19.1 Å². The number of carbonyl (C=O) groups is 2. The van der Waals surface area contributed by atoms with Crippen LogP contribution in [0.2, 0.25) is 0 Å². The number of phenols is 1. The molecule has 0 saturated carbocycles. The molecule has 0 atom stereocenters. The summed E-state index contributed by atoms with van der Waals surface area (Å²) in [4.78, 5) is 22.7. The van der Waals surface area contributed by atoms with Crippen LogP contribution in [0.25, 0.3) is 0 Å². The maximum absolute atomic E-state index is 11.5. The zero-order valence-electron chi connectivity index (χ0n) is 11.3. The monoisotopic (exact) mass is 281 g/mol. The molecule has 0 radical (unpaired) electrons. The van der Waals surface area contributed by atoms with Crippen molar-refractivity contribution in [2.75, 3.05) is 26.6 Å². The molecule has 1 aromatic carbocycles. The Kier molecular flexibility index (Phi) is 5.40. The number of benzene rings is 1. The summed E-state index contributed by atoms with van der Waals surface area (Å²) in [5, 5.41) is 12.4. The molecule has 0 aliphatic carbocycles. The smallest absolute Gasteiger partial charge is 0.354 e. The molecule has 0 aromatic heterocycles. The molecule has 7 heteroatoms. The van der Waals surface area contributed by atoms with E-state index in [0.717, 1.165) is 6.08 Å². The Morgan fingerprint density at radius 1 is 1.20 bits per heavy atom. The van der Waals surface area contributed by atoms with Gasteiger partial charge >= 0.3 is 11.9 Å². The standard InChI is InChI=1S/C13H15NO6/c1-18-8-4-5-9(11(15)6-8)14-10(13(17)20-3)7-12(16)19-2/h4-7,14-15H,1-3H3/b10-7+. The molecule has 0 heterocycles. The van der Waals surface area contributed by atoms with Crippen LogP contribution in [0.15, 0.2) is 30.0 Å². The highest BCUT2D eigenvalue weighted by atomic mass is 16.5. The third-order valence-electron chi connectivity index (χ3n) is 2.34. The maximum atomic E-state index is 11.5. The normalized spacial score (nSPS) is 10.7. The average Bonchev–Trinajstić information content (AvgIpc) is 2.47. The van der Waals surface area contributed by atoms with Crippen LogP contribution in [0.1, 0.15) is 0 Å². The highest BCUT2D eigenvalue weighted by Crippen LogP contribution is 2.28. The second-order valence-corrected chi connectivity index (χ2v) is 3.58. The molecule has 0 fully saturated rings. The predicted octanol–water partition coefficient (Wildman–Crippen LogP) is 1.04. The van der Waals surface area contributed by atoms with Gasteiger partial charge in [0.2, 0.25) is 0 Å². The van der Waals surface area contributed by atoms with E-state index >= 15 is 0 Å². The number of ether oxygens (including phenoxy) is 3. The van der Waals surface area contributed by atoms with Crippen LogP contribution in [0.3, 0.4) is 0 Å². The average molecular weight is 281 g/mol. The molecule has 1 aromatic rings. The fourth-order valence-corrected chi connectivity index (χ4v) is 1.32. The van der Waals surface area contributed by atoms with Crippen molar-refractivity contribution in [3.8, 4) is 11.5 Å². The van der Waals surface area contributed by atoms with Gasteiger partial charge in [-0.15, -0.1) is 0 Å². The number of hydrogen-bond acceptors (Lipinski definition) is 7. The van der Waals surface area contributed by atoms with E-state index in [1.165, 1.54) is 33.5 Å². The molecule has 20 heavy (non-hydrogen) atoms. The van der Waals surface area contributed by atoms with E-state index in [0.29, 0.717) is 5.75 Å². The first kappa shape index (κ1) is 15.4. The van der Waals surface area contributed by atoms with Gasteiger partial charge in [0.25, 0.3) is 0 Å². The van der Waals surface area contributed by atoms with Crippen LogP contribution < -0.4 is 10.1 Å². The lowest BCUT2D eigenvalue weighted by atomic mass is 10.2. The van der Waals surface area contributed by atoms with Crippen molar-refractivity contribution in [3.63, 3.8) is 0 Å². The minimum Gasteiger partial charge on any atom is -0.506 e. The molecular formula is C13H15NO6. The Morgan fingerprint density at radius 3 is 2.40 bits per heavy atom. The lowest BCUT2D eigenvalue weighted by Crippen LogP contribution is -2.15. The van der Waals surface area contributed by atoms with E-state index in [-0.39, 0.29) is 17.1 Å². The quantitative estimate of drug-likeness (QED) is 0.473. The van der Waals surface area contributed by atoms with E-state index in [9.17, 15) is 14.7 Å². The Morgan fingerprint density at radius 2 is 1.90 bits per heavy atom. The van der Waals surface area contributed by atoms with Crippen LogP contribution >= 0.6 is 0 Å². The molecular weight excluding hydrogens is 266 g/mol. The van der Waals surface area contributed by atoms with E-state index in [1.807, 2.05) is 0 Å². The van der Waals surface area contributed by atoms with Crippen molar-refractivity contribution in [2.24, 2.45) is 0 Å². The first-order chi connectivity index (χ1) is 9.51. The SMILES string of the molecule is COC(=O)/C=C(/Nc1ccc(OC)cc1O)C(=O)OC. The molecule has 0 unspecified atom stereocenters. The summed E-state index contributed by atoms with van der Waals surface area (Å²) in [6, 6.07) is 4.42. The number of aromatic hydroxyl groups is 1. The predicted molar refractivity (Wildman–Crippen MR) is 70.4 cm³/mol. The number of hydrogen-bond donors (Lipinski definition) is 2. The zero-order valence-corrected chi connectivity index (χ0v) is 11.3. The largest absolute Gasteiger partial charge is 0.506 e. The number of rotatable bonds is 5. The summed E-state index contributed by atoms with van der Waals surface area (Å²) in [5.74, 6) is -1.20. The summed E-state index contributed by atoms with van der Waals surface area (Å²) in [6.07, 6.45) is 0.926. The van der Waals surface area contributed by atoms with Gasteiger partial charge in [0, 0.05) is 6.07 Å². The van der Waals surface area contributed by atoms with E-state index in [1.54, 1.807) is 6.07 Å². The second-order valence-electron chi connectivity index (χ2n) is 3.58. The Balaban J connectivity index is 3.04. The van der Waals surface area contributed by atoms with Crippen molar-refractivity contribution in [2.45, 2.75) is 0 Å². The fourth-order valence-electron chi connectivity index (χ4n) is 1.32. The number of carbonyl (C=O) groups excluding carboxylic acids is 2. The van der Waals surface area contributed by atoms with Gasteiger partial charge in [0.05, 0.1) is 33.1 Å². The molecule has 108 valence electrons. The molecule has 0 aliphatic heterocycles. The third kappa shape index (κ3) is 3.91. The highest BCUT2D eigenvalue weighted by Gasteiger charge is 2.14. The zero-order chi connectivity index (χ0) is 15.1. The van der Waals surface area contributed by atoms with Gasteiger partial charge in [0.15, 0.2) is 0 Å². The summed E-state index contributed by atoms with van der Waals surface area (Å²) in [7, 11) is 3.81. The molecule has 7 nitrogen and oxygen atoms in total. The van der Waals surface area contributed by atoms with Gasteiger partial charge in [-0.1, -0.05) is 0 Å². The minimum atomic E-state index is -0.773.